The highest BCUT2D eigenvalue weighted by atomic mass is 35.5. The molecule has 7 heteroatoms. The van der Waals surface area contributed by atoms with Gasteiger partial charge in [-0.05, 0) is 36.5 Å². The first-order valence-electron chi connectivity index (χ1n) is 6.23. The van der Waals surface area contributed by atoms with Crippen molar-refractivity contribution < 1.29 is 17.9 Å². The summed E-state index contributed by atoms with van der Waals surface area (Å²) in [4.78, 5) is -0.414. The van der Waals surface area contributed by atoms with Gasteiger partial charge in [-0.2, -0.15) is 0 Å². The van der Waals surface area contributed by atoms with Crippen LogP contribution in [0.3, 0.4) is 0 Å². The van der Waals surface area contributed by atoms with E-state index in [0.717, 1.165) is 12.1 Å². The Labute approximate surface area is 124 Å². The summed E-state index contributed by atoms with van der Waals surface area (Å²) in [5.74, 6) is -0.874. The zero-order valence-corrected chi connectivity index (χ0v) is 13.1. The Morgan fingerprint density at radius 3 is 2.60 bits per heavy atom. The highest BCUT2D eigenvalue weighted by Crippen LogP contribution is 2.21. The lowest BCUT2D eigenvalue weighted by molar-refractivity contribution is 0.148. The maximum Gasteiger partial charge on any atom is 0.243 e. The van der Waals surface area contributed by atoms with Crippen molar-refractivity contribution in [3.8, 4) is 0 Å². The van der Waals surface area contributed by atoms with E-state index in [-0.39, 0.29) is 23.6 Å². The Hall–Kier alpha value is -0.690. The zero-order chi connectivity index (χ0) is 15.4. The molecule has 0 radical (unpaired) electrons. The van der Waals surface area contributed by atoms with Gasteiger partial charge in [0.2, 0.25) is 10.0 Å². The molecule has 0 saturated heterocycles. The lowest BCUT2D eigenvalue weighted by Crippen LogP contribution is -2.27. The fourth-order valence-electron chi connectivity index (χ4n) is 1.62. The molecule has 0 aliphatic heterocycles. The Morgan fingerprint density at radius 1 is 1.40 bits per heavy atom. The summed E-state index contributed by atoms with van der Waals surface area (Å²) in [5, 5.41) is 9.24. The summed E-state index contributed by atoms with van der Waals surface area (Å²) >= 11 is 5.58. The predicted molar refractivity (Wildman–Crippen MR) is 76.7 cm³/mol. The van der Waals surface area contributed by atoms with Crippen LogP contribution in [0.25, 0.3) is 0 Å². The molecule has 0 fully saturated rings. The number of sulfonamides is 1. The van der Waals surface area contributed by atoms with Crippen molar-refractivity contribution in [3.05, 3.63) is 29.0 Å². The topological polar surface area (TPSA) is 66.4 Å². The molecule has 0 atom stereocenters. The minimum atomic E-state index is -3.88. The number of nitrogens with one attached hydrogen (secondary N) is 1. The lowest BCUT2D eigenvalue weighted by Gasteiger charge is -2.21. The molecule has 2 N–H and O–H groups in total. The fourth-order valence-corrected chi connectivity index (χ4v) is 2.91. The van der Waals surface area contributed by atoms with Crippen molar-refractivity contribution in [3.63, 3.8) is 0 Å². The molecule has 20 heavy (non-hydrogen) atoms. The summed E-state index contributed by atoms with van der Waals surface area (Å²) in [6.07, 6.45) is 1.22. The van der Waals surface area contributed by atoms with Gasteiger partial charge in [0.1, 0.15) is 10.7 Å². The second-order valence-corrected chi connectivity index (χ2v) is 7.57. The van der Waals surface area contributed by atoms with E-state index in [1.807, 2.05) is 13.8 Å². The predicted octanol–water partition coefficient (Wildman–Crippen LogP) is 2.56. The molecule has 0 spiro atoms. The molecule has 0 aliphatic rings. The summed E-state index contributed by atoms with van der Waals surface area (Å²) in [6.45, 7) is 4.00. The van der Waals surface area contributed by atoms with Crippen LogP contribution in [0, 0.1) is 11.2 Å². The highest BCUT2D eigenvalue weighted by Gasteiger charge is 2.20. The van der Waals surface area contributed by atoms with E-state index in [1.165, 1.54) is 6.07 Å². The smallest absolute Gasteiger partial charge is 0.243 e. The standard InChI is InChI=1S/C13H19ClFNO3S/c1-13(2,9-17)6-3-7-16-20(18,19)12-5-4-10(14)8-11(12)15/h4-5,8,16-17H,3,6-7,9H2,1-2H3. The van der Waals surface area contributed by atoms with Gasteiger partial charge in [-0.25, -0.2) is 17.5 Å². The Kier molecular flexibility index (Phi) is 5.94. The van der Waals surface area contributed by atoms with E-state index in [0.29, 0.717) is 12.8 Å². The van der Waals surface area contributed by atoms with Crippen LogP contribution in [0.15, 0.2) is 23.1 Å². The van der Waals surface area contributed by atoms with Crippen LogP contribution in [-0.4, -0.2) is 26.7 Å². The lowest BCUT2D eigenvalue weighted by atomic mass is 9.89. The Balaban J connectivity index is 2.63. The number of hydrogen-bond donors (Lipinski definition) is 2. The minimum Gasteiger partial charge on any atom is -0.396 e. The van der Waals surface area contributed by atoms with Gasteiger partial charge >= 0.3 is 0 Å². The fraction of sp³-hybridized carbons (Fsp3) is 0.538. The van der Waals surface area contributed by atoms with Crippen LogP contribution in [0.4, 0.5) is 4.39 Å². The zero-order valence-electron chi connectivity index (χ0n) is 11.5. The average Bonchev–Trinajstić information content (AvgIpc) is 2.34. The average molecular weight is 324 g/mol. The Bertz CT molecular complexity index is 561. The van der Waals surface area contributed by atoms with E-state index in [9.17, 15) is 12.8 Å². The number of benzene rings is 1. The van der Waals surface area contributed by atoms with Crippen molar-refractivity contribution in [2.45, 2.75) is 31.6 Å². The van der Waals surface area contributed by atoms with E-state index in [1.54, 1.807) is 0 Å². The van der Waals surface area contributed by atoms with Crippen molar-refractivity contribution in [1.29, 1.82) is 0 Å². The van der Waals surface area contributed by atoms with E-state index in [4.69, 9.17) is 16.7 Å². The number of rotatable bonds is 7. The molecular weight excluding hydrogens is 305 g/mol. The minimum absolute atomic E-state index is 0.0333. The third-order valence-electron chi connectivity index (χ3n) is 2.93. The first-order valence-corrected chi connectivity index (χ1v) is 8.10. The second kappa shape index (κ2) is 6.85. The van der Waals surface area contributed by atoms with Gasteiger partial charge in [0, 0.05) is 18.2 Å². The van der Waals surface area contributed by atoms with Gasteiger partial charge < -0.3 is 5.11 Å². The van der Waals surface area contributed by atoms with Crippen LogP contribution >= 0.6 is 11.6 Å². The van der Waals surface area contributed by atoms with Crippen molar-refractivity contribution in [2.75, 3.05) is 13.2 Å². The maximum atomic E-state index is 13.6. The molecule has 0 aromatic heterocycles. The molecule has 1 rings (SSSR count). The van der Waals surface area contributed by atoms with E-state index in [2.05, 4.69) is 4.72 Å². The SMILES string of the molecule is CC(C)(CO)CCCNS(=O)(=O)c1ccc(Cl)cc1F. The number of hydrogen-bond acceptors (Lipinski definition) is 3. The molecule has 1 aromatic carbocycles. The van der Waals surface area contributed by atoms with Gasteiger partial charge in [-0.15, -0.1) is 0 Å². The summed E-state index contributed by atoms with van der Waals surface area (Å²) < 4.78 is 39.7. The van der Waals surface area contributed by atoms with Gasteiger partial charge in [-0.3, -0.25) is 0 Å². The van der Waals surface area contributed by atoms with Crippen LogP contribution in [0.5, 0.6) is 0 Å². The van der Waals surface area contributed by atoms with Crippen LogP contribution in [0.1, 0.15) is 26.7 Å². The molecule has 0 saturated carbocycles. The van der Waals surface area contributed by atoms with Crippen LogP contribution < -0.4 is 4.72 Å². The van der Waals surface area contributed by atoms with Crippen LogP contribution in [-0.2, 0) is 10.0 Å². The van der Waals surface area contributed by atoms with Gasteiger partial charge in [-0.1, -0.05) is 25.4 Å². The first kappa shape index (κ1) is 17.4. The summed E-state index contributed by atoms with van der Waals surface area (Å²) in [6, 6.07) is 3.43. The molecule has 0 aliphatic carbocycles. The molecule has 114 valence electrons. The normalized spacial score (nSPS) is 12.7. The maximum absolute atomic E-state index is 13.6. The summed E-state index contributed by atoms with van der Waals surface area (Å²) in [7, 11) is -3.88. The molecule has 0 bridgehead atoms. The van der Waals surface area contributed by atoms with E-state index >= 15 is 0 Å². The highest BCUT2D eigenvalue weighted by molar-refractivity contribution is 7.89. The molecule has 0 heterocycles. The van der Waals surface area contributed by atoms with Crippen molar-refractivity contribution in [2.24, 2.45) is 5.41 Å². The van der Waals surface area contributed by atoms with Gasteiger partial charge in [0.25, 0.3) is 0 Å². The van der Waals surface area contributed by atoms with Gasteiger partial charge in [0.05, 0.1) is 0 Å². The second-order valence-electron chi connectivity index (χ2n) is 5.40. The van der Waals surface area contributed by atoms with E-state index < -0.39 is 20.7 Å². The molecular formula is C13H19ClFNO3S. The molecule has 0 amide bonds. The molecule has 0 unspecified atom stereocenters. The quantitative estimate of drug-likeness (QED) is 0.758. The number of aliphatic hydroxyl groups is 1. The van der Waals surface area contributed by atoms with Gasteiger partial charge in [0.15, 0.2) is 0 Å². The van der Waals surface area contributed by atoms with Crippen molar-refractivity contribution >= 4 is 21.6 Å². The van der Waals surface area contributed by atoms with Crippen LogP contribution in [0.2, 0.25) is 5.02 Å². The third-order valence-corrected chi connectivity index (χ3v) is 4.66. The third kappa shape index (κ3) is 5.01. The summed E-state index contributed by atoms with van der Waals surface area (Å²) in [5.41, 5.74) is -0.253. The largest absolute Gasteiger partial charge is 0.396 e. The number of halogens is 2. The first-order chi connectivity index (χ1) is 9.18. The Morgan fingerprint density at radius 2 is 2.05 bits per heavy atom. The monoisotopic (exact) mass is 323 g/mol. The van der Waals surface area contributed by atoms with Crippen molar-refractivity contribution in [1.82, 2.24) is 4.72 Å². The number of aliphatic hydroxyl groups excluding tert-OH is 1. The molecule has 1 aromatic rings. The molecule has 4 nitrogen and oxygen atoms in total.